The fraction of sp³-hybridized carbons (Fsp3) is 0.0345. The summed E-state index contributed by atoms with van der Waals surface area (Å²) in [5, 5.41) is 19.9. The van der Waals surface area contributed by atoms with E-state index >= 15 is 0 Å². The van der Waals surface area contributed by atoms with Crippen molar-refractivity contribution in [2.45, 2.75) is 16.7 Å². The van der Waals surface area contributed by atoms with Crippen molar-refractivity contribution < 1.29 is 31.2 Å². The summed E-state index contributed by atoms with van der Waals surface area (Å²) in [4.78, 5) is -0.673. The molecule has 5 aromatic carbocycles. The van der Waals surface area contributed by atoms with E-state index in [0.717, 1.165) is 17.7 Å². The highest BCUT2D eigenvalue weighted by molar-refractivity contribution is 7.92. The van der Waals surface area contributed by atoms with Crippen LogP contribution in [0.25, 0.3) is 10.8 Å². The molecule has 0 aliphatic carbocycles. The van der Waals surface area contributed by atoms with Crippen molar-refractivity contribution in [3.05, 3.63) is 108 Å². The maximum absolute atomic E-state index is 13.2. The molecule has 214 valence electrons. The summed E-state index contributed by atoms with van der Waals surface area (Å²) in [7, 11) is -8.96. The van der Waals surface area contributed by atoms with Gasteiger partial charge in [-0.15, -0.1) is 10.2 Å². The molecule has 0 amide bonds. The van der Waals surface area contributed by atoms with Crippen LogP contribution >= 0.6 is 11.6 Å². The molecule has 0 aromatic heterocycles. The Morgan fingerprint density at radius 2 is 1.48 bits per heavy atom. The first-order valence-electron chi connectivity index (χ1n) is 12.2. The first-order chi connectivity index (χ1) is 19.9. The zero-order chi connectivity index (χ0) is 30.1. The average molecular weight is 624 g/mol. The molecular weight excluding hydrogens is 602 g/mol. The largest absolute Gasteiger partial charge is 0.505 e. The van der Waals surface area contributed by atoms with E-state index in [-0.39, 0.29) is 32.7 Å². The number of aromatic hydroxyl groups is 1. The molecule has 0 bridgehead atoms. The second-order valence-electron chi connectivity index (χ2n) is 9.12. The third-order valence-corrected chi connectivity index (χ3v) is 8.52. The van der Waals surface area contributed by atoms with Crippen LogP contribution in [0, 0.1) is 6.92 Å². The monoisotopic (exact) mass is 623 g/mol. The topological polar surface area (TPSA) is 155 Å². The van der Waals surface area contributed by atoms with Gasteiger partial charge in [-0.1, -0.05) is 53.6 Å². The van der Waals surface area contributed by atoms with Gasteiger partial charge in [-0.3, -0.25) is 9.27 Å². The molecule has 5 aromatic rings. The Hall–Kier alpha value is -4.49. The summed E-state index contributed by atoms with van der Waals surface area (Å²) in [6.07, 6.45) is 0. The van der Waals surface area contributed by atoms with Crippen LogP contribution < -0.4 is 9.46 Å². The van der Waals surface area contributed by atoms with Crippen molar-refractivity contribution in [1.29, 1.82) is 0 Å². The molecule has 0 atom stereocenters. The minimum atomic E-state index is -4.73. The molecule has 42 heavy (non-hydrogen) atoms. The Bertz CT molecular complexity index is 2050. The van der Waals surface area contributed by atoms with E-state index in [2.05, 4.69) is 15.0 Å². The summed E-state index contributed by atoms with van der Waals surface area (Å²) in [6, 6.07) is 24.4. The molecule has 0 heterocycles. The van der Waals surface area contributed by atoms with E-state index in [1.807, 2.05) is 6.07 Å². The predicted octanol–water partition coefficient (Wildman–Crippen LogP) is 7.76. The molecule has 0 unspecified atom stereocenters. The molecule has 0 aliphatic rings. The van der Waals surface area contributed by atoms with E-state index in [1.165, 1.54) is 30.3 Å². The maximum atomic E-state index is 13.2. The van der Waals surface area contributed by atoms with E-state index in [1.54, 1.807) is 55.5 Å². The van der Waals surface area contributed by atoms with E-state index < -0.39 is 30.8 Å². The summed E-state index contributed by atoms with van der Waals surface area (Å²) in [5.41, 5.74) is 0.708. The number of nitrogens with zero attached hydrogens (tertiary/aromatic N) is 2. The Kier molecular flexibility index (Phi) is 7.89. The average Bonchev–Trinajstić information content (AvgIpc) is 2.94. The van der Waals surface area contributed by atoms with Crippen molar-refractivity contribution in [2.75, 3.05) is 4.72 Å². The number of azo groups is 1. The van der Waals surface area contributed by atoms with E-state index in [0.29, 0.717) is 16.5 Å². The van der Waals surface area contributed by atoms with Gasteiger partial charge < -0.3 is 9.84 Å². The van der Waals surface area contributed by atoms with Gasteiger partial charge in [0.1, 0.15) is 17.1 Å². The predicted molar refractivity (Wildman–Crippen MR) is 160 cm³/mol. The number of benzene rings is 5. The minimum Gasteiger partial charge on any atom is -0.505 e. The lowest BCUT2D eigenvalue weighted by molar-refractivity contribution is 0.480. The summed E-state index contributed by atoms with van der Waals surface area (Å²) < 4.78 is 68.2. The molecule has 5 rings (SSSR count). The molecule has 0 spiro atoms. The fourth-order valence-electron chi connectivity index (χ4n) is 4.02. The highest BCUT2D eigenvalue weighted by atomic mass is 35.5. The van der Waals surface area contributed by atoms with E-state index in [4.69, 9.17) is 16.3 Å². The van der Waals surface area contributed by atoms with E-state index in [9.17, 15) is 26.5 Å². The van der Waals surface area contributed by atoms with Crippen LogP contribution in [0.4, 0.5) is 17.1 Å². The fourth-order valence-corrected chi connectivity index (χ4v) is 5.79. The van der Waals surface area contributed by atoms with Crippen molar-refractivity contribution in [3.63, 3.8) is 0 Å². The second kappa shape index (κ2) is 11.4. The summed E-state index contributed by atoms with van der Waals surface area (Å²) >= 11 is 6.16. The summed E-state index contributed by atoms with van der Waals surface area (Å²) in [5.74, 6) is 0.385. The van der Waals surface area contributed by atoms with Gasteiger partial charge in [0, 0.05) is 5.02 Å². The van der Waals surface area contributed by atoms with Gasteiger partial charge in [0.15, 0.2) is 11.5 Å². The zero-order valence-electron chi connectivity index (χ0n) is 21.8. The second-order valence-corrected chi connectivity index (χ2v) is 12.7. The lowest BCUT2D eigenvalue weighted by Gasteiger charge is -2.14. The van der Waals surface area contributed by atoms with Crippen molar-refractivity contribution in [1.82, 2.24) is 0 Å². The van der Waals surface area contributed by atoms with Gasteiger partial charge in [-0.2, -0.15) is 8.42 Å². The minimum absolute atomic E-state index is 0.0662. The van der Waals surface area contributed by atoms with Gasteiger partial charge in [-0.05, 0) is 73.0 Å². The third kappa shape index (κ3) is 6.37. The van der Waals surface area contributed by atoms with Gasteiger partial charge in [0.25, 0.3) is 20.1 Å². The first kappa shape index (κ1) is 29.0. The molecule has 0 saturated carbocycles. The normalized spacial score (nSPS) is 12.1. The molecule has 0 radical (unpaired) electrons. The number of fused-ring (bicyclic) bond motifs is 1. The van der Waals surface area contributed by atoms with Crippen LogP contribution in [0.2, 0.25) is 5.02 Å². The van der Waals surface area contributed by atoms with Gasteiger partial charge in [-0.25, -0.2) is 8.42 Å². The number of halogens is 1. The van der Waals surface area contributed by atoms with Crippen molar-refractivity contribution in [2.24, 2.45) is 10.2 Å². The Balaban J connectivity index is 1.60. The molecule has 3 N–H and O–H groups in total. The molecule has 13 heteroatoms. The number of nitrogens with one attached hydrogen (secondary N) is 1. The van der Waals surface area contributed by atoms with Crippen molar-refractivity contribution in [3.8, 4) is 17.2 Å². The van der Waals surface area contributed by atoms with Gasteiger partial charge in [0.05, 0.1) is 20.9 Å². The number of rotatable bonds is 8. The Morgan fingerprint density at radius 3 is 2.17 bits per heavy atom. The number of hydrogen-bond donors (Lipinski definition) is 3. The number of phenols is 1. The standard InChI is InChI=1S/C29H22ClN3O7S2/c1-18-7-11-22(12-8-18)41(35,36)33-26-17-23(42(37,38)39)15-19-9-13-24(29(34)28(19)26)31-32-25-16-20(30)10-14-27(25)40-21-5-3-2-4-6-21/h2-17,33-34H,1H3,(H,37,38,39). The van der Waals surface area contributed by atoms with Crippen LogP contribution in [0.3, 0.4) is 0 Å². The molecule has 0 fully saturated rings. The lowest BCUT2D eigenvalue weighted by Crippen LogP contribution is -2.14. The molecule has 10 nitrogen and oxygen atoms in total. The Morgan fingerprint density at radius 1 is 0.786 bits per heavy atom. The van der Waals surface area contributed by atoms with Crippen LogP contribution in [-0.4, -0.2) is 26.5 Å². The van der Waals surface area contributed by atoms with Crippen molar-refractivity contribution >= 4 is 59.6 Å². The highest BCUT2D eigenvalue weighted by Crippen LogP contribution is 2.43. The number of sulfonamides is 1. The Labute approximate surface area is 246 Å². The molecule has 0 aliphatic heterocycles. The number of para-hydroxylation sites is 1. The number of aryl methyl sites for hydroxylation is 1. The lowest BCUT2D eigenvalue weighted by atomic mass is 10.1. The van der Waals surface area contributed by atoms with Crippen LogP contribution in [-0.2, 0) is 20.1 Å². The third-order valence-electron chi connectivity index (χ3n) is 6.07. The maximum Gasteiger partial charge on any atom is 0.294 e. The smallest absolute Gasteiger partial charge is 0.294 e. The van der Waals surface area contributed by atoms with Crippen LogP contribution in [0.5, 0.6) is 17.2 Å². The SMILES string of the molecule is Cc1ccc(S(=O)(=O)Nc2cc(S(=O)(=O)O)cc3ccc(N=Nc4cc(Cl)ccc4Oc4ccccc4)c(O)c23)cc1. The van der Waals surface area contributed by atoms with Gasteiger partial charge in [0.2, 0.25) is 0 Å². The number of hydrogen-bond acceptors (Lipinski definition) is 8. The first-order valence-corrected chi connectivity index (χ1v) is 15.5. The molecular formula is C29H22ClN3O7S2. The quantitative estimate of drug-likeness (QED) is 0.118. The van der Waals surface area contributed by atoms with Crippen LogP contribution in [0.15, 0.2) is 117 Å². The number of ether oxygens (including phenoxy) is 1. The zero-order valence-corrected chi connectivity index (χ0v) is 24.2. The highest BCUT2D eigenvalue weighted by Gasteiger charge is 2.22. The number of anilines is 1. The number of phenolic OH excluding ortho intramolecular Hbond substituents is 1. The van der Waals surface area contributed by atoms with Gasteiger partial charge >= 0.3 is 0 Å². The summed E-state index contributed by atoms with van der Waals surface area (Å²) in [6.45, 7) is 1.79. The van der Waals surface area contributed by atoms with Crippen LogP contribution in [0.1, 0.15) is 5.56 Å². The molecule has 0 saturated heterocycles.